The van der Waals surface area contributed by atoms with Gasteiger partial charge in [0.1, 0.15) is 5.84 Å². The summed E-state index contributed by atoms with van der Waals surface area (Å²) in [7, 11) is 0. The van der Waals surface area contributed by atoms with Crippen molar-refractivity contribution in [2.45, 2.75) is 46.1 Å². The van der Waals surface area contributed by atoms with Crippen molar-refractivity contribution in [3.05, 3.63) is 42.0 Å². The summed E-state index contributed by atoms with van der Waals surface area (Å²) in [6.45, 7) is 8.51. The first-order valence-electron chi connectivity index (χ1n) is 8.82. The summed E-state index contributed by atoms with van der Waals surface area (Å²) in [5, 5.41) is 2.66. The van der Waals surface area contributed by atoms with Crippen LogP contribution in [0.5, 0.6) is 0 Å². The summed E-state index contributed by atoms with van der Waals surface area (Å²) >= 11 is 0. The van der Waals surface area contributed by atoms with Crippen LogP contribution < -0.4 is 0 Å². The summed E-state index contributed by atoms with van der Waals surface area (Å²) in [6.07, 6.45) is 3.94. The van der Waals surface area contributed by atoms with Gasteiger partial charge in [-0.05, 0) is 41.5 Å². The van der Waals surface area contributed by atoms with E-state index in [2.05, 4.69) is 62.1 Å². The van der Waals surface area contributed by atoms with Gasteiger partial charge in [0.05, 0.1) is 5.69 Å². The van der Waals surface area contributed by atoms with Gasteiger partial charge >= 0.3 is 0 Å². The van der Waals surface area contributed by atoms with E-state index in [0.29, 0.717) is 16.9 Å². The van der Waals surface area contributed by atoms with Gasteiger partial charge in [0.15, 0.2) is 0 Å². The van der Waals surface area contributed by atoms with Gasteiger partial charge in [0, 0.05) is 23.5 Å². The monoisotopic (exact) mass is 304 g/mol. The Bertz CT molecular complexity index is 843. The molecule has 2 heteroatoms. The van der Waals surface area contributed by atoms with Crippen LogP contribution in [0.1, 0.15) is 45.6 Å². The third-order valence-electron chi connectivity index (χ3n) is 6.04. The van der Waals surface area contributed by atoms with Crippen LogP contribution in [-0.2, 0) is 0 Å². The normalized spacial score (nSPS) is 30.8. The molecule has 2 aromatic carbocycles. The summed E-state index contributed by atoms with van der Waals surface area (Å²) in [5.41, 5.74) is 3.38. The number of rotatable bonds is 0. The molecule has 2 aliphatic heterocycles. The number of aliphatic imine (C=N–C) groups is 1. The Hall–Kier alpha value is -1.83. The molecule has 1 aliphatic carbocycles. The number of likely N-dealkylation sites (tertiary alicyclic amines) is 1. The molecular weight excluding hydrogens is 280 g/mol. The molecule has 0 aromatic heterocycles. The van der Waals surface area contributed by atoms with E-state index < -0.39 is 0 Å². The maximum absolute atomic E-state index is 5.06. The molecule has 5 rings (SSSR count). The van der Waals surface area contributed by atoms with Crippen LogP contribution in [0.4, 0.5) is 5.69 Å². The lowest BCUT2D eigenvalue weighted by molar-refractivity contribution is 0.132. The Morgan fingerprint density at radius 3 is 2.65 bits per heavy atom. The minimum absolute atomic E-state index is 0.442. The molecule has 2 heterocycles. The van der Waals surface area contributed by atoms with E-state index in [0.717, 1.165) is 12.2 Å². The van der Waals surface area contributed by atoms with Gasteiger partial charge < -0.3 is 4.90 Å². The van der Waals surface area contributed by atoms with E-state index in [9.17, 15) is 0 Å². The van der Waals surface area contributed by atoms with Crippen molar-refractivity contribution in [2.75, 3.05) is 6.54 Å². The van der Waals surface area contributed by atoms with E-state index in [1.807, 2.05) is 0 Å². The second kappa shape index (κ2) is 4.17. The fraction of sp³-hybridized carbons (Fsp3) is 0.476. The van der Waals surface area contributed by atoms with Gasteiger partial charge in [0.2, 0.25) is 0 Å². The van der Waals surface area contributed by atoms with Crippen LogP contribution in [-0.4, -0.2) is 23.3 Å². The summed E-state index contributed by atoms with van der Waals surface area (Å²) in [5.74, 6) is 1.23. The average Bonchev–Trinajstić information content (AvgIpc) is 2.95. The quantitative estimate of drug-likeness (QED) is 0.658. The number of nitrogens with zero attached hydrogens (tertiary/aromatic N) is 2. The lowest BCUT2D eigenvalue weighted by Crippen LogP contribution is -2.37. The van der Waals surface area contributed by atoms with E-state index >= 15 is 0 Å². The number of hydrogen-bond donors (Lipinski definition) is 0. The third-order valence-corrected chi connectivity index (χ3v) is 6.04. The molecule has 0 spiro atoms. The van der Waals surface area contributed by atoms with Crippen LogP contribution in [0.3, 0.4) is 0 Å². The fourth-order valence-corrected chi connectivity index (χ4v) is 5.70. The van der Waals surface area contributed by atoms with Crippen LogP contribution in [0.2, 0.25) is 0 Å². The first-order chi connectivity index (χ1) is 10.9. The highest BCUT2D eigenvalue weighted by Gasteiger charge is 2.50. The Morgan fingerprint density at radius 1 is 1.04 bits per heavy atom. The highest BCUT2D eigenvalue weighted by atomic mass is 15.3. The Labute approximate surface area is 138 Å². The van der Waals surface area contributed by atoms with Crippen LogP contribution in [0, 0.1) is 10.8 Å². The highest BCUT2D eigenvalue weighted by molar-refractivity contribution is 6.19. The summed E-state index contributed by atoms with van der Waals surface area (Å²) in [4.78, 5) is 7.69. The van der Waals surface area contributed by atoms with Gasteiger partial charge in [-0.15, -0.1) is 0 Å². The second-order valence-electron chi connectivity index (χ2n) is 8.96. The molecule has 2 atom stereocenters. The van der Waals surface area contributed by atoms with E-state index in [1.165, 1.54) is 41.4 Å². The molecule has 0 radical (unpaired) electrons. The zero-order valence-electron chi connectivity index (χ0n) is 14.3. The number of fused-ring (bicyclic) bond motifs is 2. The second-order valence-corrected chi connectivity index (χ2v) is 8.96. The van der Waals surface area contributed by atoms with E-state index in [-0.39, 0.29) is 0 Å². The zero-order valence-corrected chi connectivity index (χ0v) is 14.3. The molecule has 2 nitrogen and oxygen atoms in total. The highest BCUT2D eigenvalue weighted by Crippen LogP contribution is 2.53. The molecule has 1 saturated carbocycles. The zero-order chi connectivity index (χ0) is 15.8. The molecule has 23 heavy (non-hydrogen) atoms. The molecule has 0 unspecified atom stereocenters. The molecule has 1 saturated heterocycles. The van der Waals surface area contributed by atoms with Crippen LogP contribution in [0.25, 0.3) is 10.8 Å². The summed E-state index contributed by atoms with van der Waals surface area (Å²) < 4.78 is 0. The number of benzene rings is 2. The Morgan fingerprint density at radius 2 is 1.83 bits per heavy atom. The van der Waals surface area contributed by atoms with Crippen molar-refractivity contribution >= 4 is 22.3 Å². The molecule has 2 aromatic rings. The van der Waals surface area contributed by atoms with Gasteiger partial charge in [-0.25, -0.2) is 4.99 Å². The largest absolute Gasteiger partial charge is 0.353 e. The van der Waals surface area contributed by atoms with Gasteiger partial charge in [-0.2, -0.15) is 0 Å². The molecule has 2 bridgehead atoms. The van der Waals surface area contributed by atoms with Crippen molar-refractivity contribution in [3.8, 4) is 0 Å². The first-order valence-corrected chi connectivity index (χ1v) is 8.82. The van der Waals surface area contributed by atoms with Gasteiger partial charge in [0.25, 0.3) is 0 Å². The van der Waals surface area contributed by atoms with E-state index in [4.69, 9.17) is 4.99 Å². The molecule has 3 aliphatic rings. The van der Waals surface area contributed by atoms with Crippen molar-refractivity contribution in [1.29, 1.82) is 0 Å². The molecule has 0 N–H and O–H groups in total. The number of hydrogen-bond acceptors (Lipinski definition) is 2. The van der Waals surface area contributed by atoms with E-state index in [1.54, 1.807) is 0 Å². The standard InChI is InChI=1S/C21H24N2/c1-20(2)10-15-11-21(3,12-20)13-23(15)19-16-8-4-6-14-7-5-9-17(22-19)18(14)16/h4-9,15H,10-13H2,1-3H3/t15-,21-/m0/s1. The minimum atomic E-state index is 0.442. The van der Waals surface area contributed by atoms with Crippen LogP contribution >= 0.6 is 0 Å². The third kappa shape index (κ3) is 1.90. The van der Waals surface area contributed by atoms with Crippen molar-refractivity contribution in [1.82, 2.24) is 4.90 Å². The molecule has 118 valence electrons. The maximum Gasteiger partial charge on any atom is 0.137 e. The van der Waals surface area contributed by atoms with Crippen molar-refractivity contribution in [2.24, 2.45) is 15.8 Å². The SMILES string of the molecule is CC1(C)C[C@H]2C[C@](C)(CN2C2=Nc3cccc4cccc2c34)C1. The molecule has 2 fully saturated rings. The maximum atomic E-state index is 5.06. The fourth-order valence-electron chi connectivity index (χ4n) is 5.70. The molecule has 0 amide bonds. The van der Waals surface area contributed by atoms with Crippen molar-refractivity contribution in [3.63, 3.8) is 0 Å². The lowest BCUT2D eigenvalue weighted by atomic mass is 9.65. The molecular formula is C21H24N2. The lowest BCUT2D eigenvalue weighted by Gasteiger charge is -2.39. The topological polar surface area (TPSA) is 15.6 Å². The Kier molecular flexibility index (Phi) is 2.46. The smallest absolute Gasteiger partial charge is 0.137 e. The predicted molar refractivity (Wildman–Crippen MR) is 96.4 cm³/mol. The van der Waals surface area contributed by atoms with Gasteiger partial charge in [-0.3, -0.25) is 0 Å². The van der Waals surface area contributed by atoms with Gasteiger partial charge in [-0.1, -0.05) is 51.1 Å². The van der Waals surface area contributed by atoms with Crippen molar-refractivity contribution < 1.29 is 0 Å². The predicted octanol–water partition coefficient (Wildman–Crippen LogP) is 5.13. The Balaban J connectivity index is 1.62. The minimum Gasteiger partial charge on any atom is -0.353 e. The summed E-state index contributed by atoms with van der Waals surface area (Å²) in [6, 6.07) is 13.8. The first kappa shape index (κ1) is 13.6. The average molecular weight is 304 g/mol. The van der Waals surface area contributed by atoms with Crippen LogP contribution in [0.15, 0.2) is 41.4 Å². The number of amidine groups is 1.